The molecule has 0 aromatic rings. The van der Waals surface area contributed by atoms with Gasteiger partial charge in [0.15, 0.2) is 12.2 Å². The molecule has 6 atom stereocenters. The number of phosphoric acid groups is 2. The van der Waals surface area contributed by atoms with Crippen molar-refractivity contribution >= 4 is 39.5 Å². The maximum absolute atomic E-state index is 13.0. The molecule has 3 N–H and O–H groups in total. The van der Waals surface area contributed by atoms with Gasteiger partial charge < -0.3 is 33.8 Å². The maximum Gasteiger partial charge on any atom is 0.472 e. The molecule has 0 spiro atoms. The van der Waals surface area contributed by atoms with E-state index < -0.39 is 97.5 Å². The molecule has 0 radical (unpaired) electrons. The summed E-state index contributed by atoms with van der Waals surface area (Å²) in [6.45, 7) is 11.7. The van der Waals surface area contributed by atoms with Gasteiger partial charge in [-0.3, -0.25) is 37.3 Å². The lowest BCUT2D eigenvalue weighted by Gasteiger charge is -2.21. The molecule has 0 saturated carbocycles. The van der Waals surface area contributed by atoms with E-state index in [1.165, 1.54) is 148 Å². The van der Waals surface area contributed by atoms with E-state index in [1.54, 1.807) is 0 Å². The van der Waals surface area contributed by atoms with E-state index in [1.807, 2.05) is 0 Å². The SMILES string of the molecule is CCCCCCCCCCCCCCC(=O)OC[C@H](COP(=O)(O)OC[C@@H](O)COP(=O)(O)OC[C@@H](COC(=O)CCCCCCCCC(C)C)OC(=O)CCCCCCCCC(C)CC)OC(=O)CCCCCCCCCCCCCCCCC(C)C. The third-order valence-electron chi connectivity index (χ3n) is 16.2. The molecule has 0 heterocycles. The number of carbonyl (C=O) groups excluding carboxylic acids is 4. The second-order valence-corrected chi connectivity index (χ2v) is 29.0. The van der Waals surface area contributed by atoms with Crippen LogP contribution in [-0.4, -0.2) is 96.7 Å². The van der Waals surface area contributed by atoms with Crippen LogP contribution in [0, 0.1) is 17.8 Å². The molecule has 88 heavy (non-hydrogen) atoms. The van der Waals surface area contributed by atoms with Crippen LogP contribution in [0.25, 0.3) is 0 Å². The Morgan fingerprint density at radius 1 is 0.330 bits per heavy atom. The van der Waals surface area contributed by atoms with Crippen LogP contribution in [0.5, 0.6) is 0 Å². The predicted octanol–water partition coefficient (Wildman–Crippen LogP) is 19.5. The Morgan fingerprint density at radius 2 is 0.580 bits per heavy atom. The summed E-state index contributed by atoms with van der Waals surface area (Å²) in [5.41, 5.74) is 0. The van der Waals surface area contributed by atoms with Crippen LogP contribution in [0.3, 0.4) is 0 Å². The molecule has 0 aromatic carbocycles. The number of aliphatic hydroxyl groups excluding tert-OH is 1. The molecular formula is C69H134O17P2. The Kier molecular flexibility index (Phi) is 58.7. The first-order valence-electron chi connectivity index (χ1n) is 35.9. The van der Waals surface area contributed by atoms with Gasteiger partial charge in [-0.25, -0.2) is 9.13 Å². The Balaban J connectivity index is 5.23. The molecule has 0 aliphatic carbocycles. The second kappa shape index (κ2) is 60.0. The standard InChI is InChI=1S/C69H134O17P2/c1-8-10-11-12-13-14-15-21-24-27-36-43-50-66(71)79-56-64(85-68(73)52-45-38-28-25-22-19-17-16-18-20-23-26-33-40-47-60(3)4)58-83-87(75,76)81-54-63(70)55-82-88(77,78)84-59-65(57-80-67(72)51-44-37-31-29-34-41-48-61(5)6)86-69(74)53-46-39-32-30-35-42-49-62(7)9-2/h60-65,70H,8-59H2,1-7H3,(H,75,76)(H,77,78)/t62?,63-,64-,65-/m1/s1. The van der Waals surface area contributed by atoms with E-state index >= 15 is 0 Å². The minimum Gasteiger partial charge on any atom is -0.462 e. The lowest BCUT2D eigenvalue weighted by atomic mass is 10.00. The van der Waals surface area contributed by atoms with Crippen LogP contribution >= 0.6 is 15.6 Å². The maximum atomic E-state index is 13.0. The zero-order valence-electron chi connectivity index (χ0n) is 57.2. The topological polar surface area (TPSA) is 237 Å². The van der Waals surface area contributed by atoms with Crippen molar-refractivity contribution < 1.29 is 80.2 Å². The van der Waals surface area contributed by atoms with Crippen molar-refractivity contribution in [1.29, 1.82) is 0 Å². The first-order chi connectivity index (χ1) is 42.3. The normalized spacial score (nSPS) is 14.5. The first-order valence-corrected chi connectivity index (χ1v) is 38.9. The molecule has 0 fully saturated rings. The average Bonchev–Trinajstić information content (AvgIpc) is 3.53. The van der Waals surface area contributed by atoms with Gasteiger partial charge in [-0.2, -0.15) is 0 Å². The van der Waals surface area contributed by atoms with Crippen LogP contribution in [0.1, 0.15) is 344 Å². The molecule has 17 nitrogen and oxygen atoms in total. The molecular weight excluding hydrogens is 1160 g/mol. The van der Waals surface area contributed by atoms with Crippen molar-refractivity contribution in [1.82, 2.24) is 0 Å². The number of hydrogen-bond donors (Lipinski definition) is 3. The van der Waals surface area contributed by atoms with Gasteiger partial charge in [0.2, 0.25) is 0 Å². The van der Waals surface area contributed by atoms with Crippen molar-refractivity contribution in [2.75, 3.05) is 39.6 Å². The molecule has 0 aromatic heterocycles. The van der Waals surface area contributed by atoms with Crippen molar-refractivity contribution in [3.63, 3.8) is 0 Å². The summed E-state index contributed by atoms with van der Waals surface area (Å²) in [5, 5.41) is 10.6. The zero-order valence-corrected chi connectivity index (χ0v) is 59.0. The van der Waals surface area contributed by atoms with Crippen LogP contribution in [0.2, 0.25) is 0 Å². The Labute approximate surface area is 537 Å². The summed E-state index contributed by atoms with van der Waals surface area (Å²) >= 11 is 0. The summed E-state index contributed by atoms with van der Waals surface area (Å²) in [5.74, 6) is 0.0631. The van der Waals surface area contributed by atoms with Crippen molar-refractivity contribution in [2.24, 2.45) is 17.8 Å². The van der Waals surface area contributed by atoms with Gasteiger partial charge in [0.1, 0.15) is 19.3 Å². The highest BCUT2D eigenvalue weighted by Gasteiger charge is 2.30. The van der Waals surface area contributed by atoms with Crippen LogP contribution < -0.4 is 0 Å². The molecule has 19 heteroatoms. The van der Waals surface area contributed by atoms with Gasteiger partial charge in [-0.05, 0) is 43.4 Å². The van der Waals surface area contributed by atoms with Crippen LogP contribution in [0.4, 0.5) is 0 Å². The van der Waals surface area contributed by atoms with Gasteiger partial charge in [-0.15, -0.1) is 0 Å². The number of hydrogen-bond acceptors (Lipinski definition) is 15. The van der Waals surface area contributed by atoms with Gasteiger partial charge >= 0.3 is 39.5 Å². The minimum absolute atomic E-state index is 0.102. The number of carbonyl (C=O) groups is 4. The Hall–Kier alpha value is -1.94. The van der Waals surface area contributed by atoms with E-state index in [0.717, 1.165) is 108 Å². The van der Waals surface area contributed by atoms with E-state index in [2.05, 4.69) is 48.5 Å². The molecule has 522 valence electrons. The summed E-state index contributed by atoms with van der Waals surface area (Å²) in [6, 6.07) is 0. The second-order valence-electron chi connectivity index (χ2n) is 26.1. The van der Waals surface area contributed by atoms with E-state index in [-0.39, 0.29) is 25.7 Å². The molecule has 0 aliphatic rings. The number of aliphatic hydroxyl groups is 1. The Morgan fingerprint density at radius 3 is 0.864 bits per heavy atom. The average molecular weight is 1300 g/mol. The summed E-state index contributed by atoms with van der Waals surface area (Å²) in [6.07, 6.45) is 43.2. The number of rotatable bonds is 67. The largest absolute Gasteiger partial charge is 0.472 e. The van der Waals surface area contributed by atoms with Crippen LogP contribution in [-0.2, 0) is 65.4 Å². The van der Waals surface area contributed by atoms with Crippen molar-refractivity contribution in [3.8, 4) is 0 Å². The summed E-state index contributed by atoms with van der Waals surface area (Å²) in [7, 11) is -9.90. The van der Waals surface area contributed by atoms with E-state index in [0.29, 0.717) is 31.6 Å². The number of phosphoric ester groups is 2. The van der Waals surface area contributed by atoms with Gasteiger partial charge in [0.25, 0.3) is 0 Å². The summed E-state index contributed by atoms with van der Waals surface area (Å²) in [4.78, 5) is 72.4. The number of esters is 4. The highest BCUT2D eigenvalue weighted by atomic mass is 31.2. The third kappa shape index (κ3) is 61.6. The highest BCUT2D eigenvalue weighted by Crippen LogP contribution is 2.45. The lowest BCUT2D eigenvalue weighted by molar-refractivity contribution is -0.161. The fourth-order valence-electron chi connectivity index (χ4n) is 10.3. The van der Waals surface area contributed by atoms with Gasteiger partial charge in [0, 0.05) is 25.7 Å². The van der Waals surface area contributed by atoms with E-state index in [4.69, 9.17) is 37.0 Å². The predicted molar refractivity (Wildman–Crippen MR) is 354 cm³/mol. The summed E-state index contributed by atoms with van der Waals surface area (Å²) < 4.78 is 68.2. The van der Waals surface area contributed by atoms with Crippen LogP contribution in [0.15, 0.2) is 0 Å². The molecule has 0 amide bonds. The fraction of sp³-hybridized carbons (Fsp3) is 0.942. The minimum atomic E-state index is -4.95. The Bertz CT molecular complexity index is 1730. The molecule has 0 bridgehead atoms. The molecule has 0 rings (SSSR count). The van der Waals surface area contributed by atoms with Crippen molar-refractivity contribution in [3.05, 3.63) is 0 Å². The quantitative estimate of drug-likeness (QED) is 0.0222. The van der Waals surface area contributed by atoms with Crippen molar-refractivity contribution in [2.45, 2.75) is 362 Å². The molecule has 0 aliphatic heterocycles. The smallest absolute Gasteiger partial charge is 0.462 e. The fourth-order valence-corrected chi connectivity index (χ4v) is 11.9. The van der Waals surface area contributed by atoms with Gasteiger partial charge in [0.05, 0.1) is 26.4 Å². The van der Waals surface area contributed by atoms with E-state index in [9.17, 15) is 43.2 Å². The highest BCUT2D eigenvalue weighted by molar-refractivity contribution is 7.47. The third-order valence-corrected chi connectivity index (χ3v) is 18.1. The van der Waals surface area contributed by atoms with Gasteiger partial charge in [-0.1, -0.05) is 292 Å². The zero-order chi connectivity index (χ0) is 65.2. The number of ether oxygens (including phenoxy) is 4. The lowest BCUT2D eigenvalue weighted by Crippen LogP contribution is -2.30. The molecule has 0 saturated heterocycles. The molecule has 3 unspecified atom stereocenters. The monoisotopic (exact) mass is 1300 g/mol. The first kappa shape index (κ1) is 86.1. The number of unbranched alkanes of at least 4 members (excludes halogenated alkanes) is 34.